The molecule has 2 fully saturated rings. The minimum absolute atomic E-state index is 0.0222. The number of aromatic nitrogens is 4. The van der Waals surface area contributed by atoms with E-state index in [-0.39, 0.29) is 54.0 Å². The monoisotopic (exact) mass is 919 g/mol. The molecule has 9 atom stereocenters. The molecule has 358 valence electrons. The van der Waals surface area contributed by atoms with Crippen molar-refractivity contribution in [2.24, 2.45) is 11.8 Å². The van der Waals surface area contributed by atoms with Crippen LogP contribution in [0.25, 0.3) is 44.2 Å². The molecule has 3 aromatic carbocycles. The lowest BCUT2D eigenvalue weighted by molar-refractivity contribution is -0.142. The van der Waals surface area contributed by atoms with Gasteiger partial charge in [0.25, 0.3) is 0 Å². The van der Waals surface area contributed by atoms with Gasteiger partial charge in [-0.3, -0.25) is 9.59 Å². The SMILES string of the molecule is CCC[C@H](C)N(C(=O)C(NC(=O)OC)C1CC(C)O[C@H](C)C1)[C@@H](C)c1nc2ccc3cc4c(cc3c2[nH]1)OCc1cc(-c2cnc([C@@H]3CC[C@H](C)N3C(=O)C(NC(=O)OC)C(C)C)[nH]2)ccc1-4. The lowest BCUT2D eigenvalue weighted by Crippen LogP contribution is -2.56. The fourth-order valence-corrected chi connectivity index (χ4v) is 10.7. The van der Waals surface area contributed by atoms with Gasteiger partial charge in [-0.1, -0.05) is 45.4 Å². The van der Waals surface area contributed by atoms with Crippen LogP contribution < -0.4 is 15.4 Å². The summed E-state index contributed by atoms with van der Waals surface area (Å²) in [4.78, 5) is 74.3. The first-order valence-electron chi connectivity index (χ1n) is 23.9. The van der Waals surface area contributed by atoms with Crippen molar-refractivity contribution in [3.8, 4) is 28.1 Å². The number of likely N-dealkylation sites (tertiary alicyclic amines) is 1. The average Bonchev–Trinajstić information content (AvgIpc) is 4.07. The number of rotatable bonds is 13. The van der Waals surface area contributed by atoms with Gasteiger partial charge in [0, 0.05) is 23.0 Å². The number of amides is 4. The summed E-state index contributed by atoms with van der Waals surface area (Å²) in [6.45, 7) is 16.4. The first-order valence-corrected chi connectivity index (χ1v) is 23.9. The van der Waals surface area contributed by atoms with E-state index < -0.39 is 30.3 Å². The topological polar surface area (TPSA) is 193 Å². The van der Waals surface area contributed by atoms with Gasteiger partial charge < -0.3 is 49.3 Å². The molecule has 3 aliphatic rings. The molecule has 5 aromatic rings. The molecule has 0 aliphatic carbocycles. The molecular weight excluding hydrogens is 853 g/mol. The highest BCUT2D eigenvalue weighted by Crippen LogP contribution is 2.44. The van der Waals surface area contributed by atoms with E-state index in [0.29, 0.717) is 31.1 Å². The molecule has 2 saturated heterocycles. The third-order valence-electron chi connectivity index (χ3n) is 14.1. The molecule has 4 amide bonds. The van der Waals surface area contributed by atoms with Crippen molar-refractivity contribution in [3.63, 3.8) is 0 Å². The van der Waals surface area contributed by atoms with Crippen molar-refractivity contribution in [3.05, 3.63) is 65.9 Å². The van der Waals surface area contributed by atoms with E-state index in [4.69, 9.17) is 28.9 Å². The number of hydrogen-bond acceptors (Lipinski definition) is 10. The Bertz CT molecular complexity index is 2630. The van der Waals surface area contributed by atoms with Gasteiger partial charge >= 0.3 is 12.2 Å². The molecule has 3 aliphatic heterocycles. The summed E-state index contributed by atoms with van der Waals surface area (Å²) >= 11 is 0. The Morgan fingerprint density at radius 2 is 1.64 bits per heavy atom. The molecule has 67 heavy (non-hydrogen) atoms. The molecular formula is C51H66N8O8. The number of imidazole rings is 2. The van der Waals surface area contributed by atoms with Crippen LogP contribution >= 0.6 is 0 Å². The van der Waals surface area contributed by atoms with E-state index in [2.05, 4.69) is 70.8 Å². The Balaban J connectivity index is 1.05. The van der Waals surface area contributed by atoms with Crippen LogP contribution in [-0.4, -0.2) is 104 Å². The normalized spacial score (nSPS) is 22.0. The minimum Gasteiger partial charge on any atom is -0.488 e. The second kappa shape index (κ2) is 19.6. The molecule has 2 aromatic heterocycles. The molecule has 0 radical (unpaired) electrons. The summed E-state index contributed by atoms with van der Waals surface area (Å²) < 4.78 is 22.3. The predicted molar refractivity (Wildman–Crippen MR) is 255 cm³/mol. The van der Waals surface area contributed by atoms with Gasteiger partial charge in [-0.2, -0.15) is 0 Å². The maximum atomic E-state index is 14.8. The lowest BCUT2D eigenvalue weighted by atomic mass is 9.85. The van der Waals surface area contributed by atoms with E-state index in [9.17, 15) is 19.2 Å². The summed E-state index contributed by atoms with van der Waals surface area (Å²) in [6.07, 6.45) is 4.94. The zero-order chi connectivity index (χ0) is 47.8. The number of fused-ring (bicyclic) bond motifs is 6. The van der Waals surface area contributed by atoms with Crippen molar-refractivity contribution in [2.45, 2.75) is 149 Å². The zero-order valence-electron chi connectivity index (χ0n) is 40.4. The first kappa shape index (κ1) is 47.3. The van der Waals surface area contributed by atoms with Crippen molar-refractivity contribution in [1.82, 2.24) is 40.4 Å². The number of nitrogens with one attached hydrogen (secondary N) is 4. The Kier molecular flexibility index (Phi) is 13.8. The Hall–Kier alpha value is -6.16. The Morgan fingerprint density at radius 3 is 2.34 bits per heavy atom. The van der Waals surface area contributed by atoms with Gasteiger partial charge in [0.15, 0.2) is 0 Å². The van der Waals surface area contributed by atoms with Crippen LogP contribution in [0.15, 0.2) is 48.7 Å². The maximum absolute atomic E-state index is 14.8. The van der Waals surface area contributed by atoms with Gasteiger partial charge in [-0.15, -0.1) is 0 Å². The predicted octanol–water partition coefficient (Wildman–Crippen LogP) is 9.10. The van der Waals surface area contributed by atoms with Crippen molar-refractivity contribution < 1.29 is 38.1 Å². The van der Waals surface area contributed by atoms with Crippen LogP contribution in [0.4, 0.5) is 9.59 Å². The highest BCUT2D eigenvalue weighted by atomic mass is 16.5. The van der Waals surface area contributed by atoms with E-state index in [0.717, 1.165) is 81.2 Å². The Labute approximate surface area is 392 Å². The number of aromatic amines is 2. The number of methoxy groups -OCH3 is 2. The summed E-state index contributed by atoms with van der Waals surface area (Å²) in [5, 5.41) is 7.60. The summed E-state index contributed by atoms with van der Waals surface area (Å²) in [5.41, 5.74) is 6.51. The number of alkyl carbamates (subject to hydrolysis) is 2. The molecule has 8 rings (SSSR count). The average molecular weight is 919 g/mol. The molecule has 5 heterocycles. The molecule has 16 heteroatoms. The number of carbonyl (C=O) groups excluding carboxylic acids is 4. The van der Waals surface area contributed by atoms with Crippen molar-refractivity contribution >= 4 is 45.8 Å². The van der Waals surface area contributed by atoms with Crippen LogP contribution in [0.3, 0.4) is 0 Å². The molecule has 0 bridgehead atoms. The Morgan fingerprint density at radius 1 is 0.910 bits per heavy atom. The fourth-order valence-electron chi connectivity index (χ4n) is 10.7. The second-order valence-corrected chi connectivity index (χ2v) is 19.2. The van der Waals surface area contributed by atoms with E-state index in [1.807, 2.05) is 63.6 Å². The van der Waals surface area contributed by atoms with Crippen LogP contribution in [-0.2, 0) is 30.4 Å². The lowest BCUT2D eigenvalue weighted by Gasteiger charge is -2.41. The van der Waals surface area contributed by atoms with Gasteiger partial charge in [0.2, 0.25) is 11.8 Å². The third kappa shape index (κ3) is 9.41. The number of hydrogen-bond donors (Lipinski definition) is 4. The molecule has 4 N–H and O–H groups in total. The van der Waals surface area contributed by atoms with Gasteiger partial charge in [0.1, 0.15) is 36.1 Å². The standard InChI is InChI=1S/C51H66N8O8/c1-11-12-27(4)58(49(61)44(57-51(63)65-10)34-19-29(6)67-30(7)20-34)31(8)46-53-39-17-15-32-22-38-36-16-14-33(21-35(36)25-66-42(38)23-37(32)45(39)55-46)40-24-52-47(54-40)41-18-13-28(5)59(41)48(60)43(26(2)3)56-50(62)64-9/h14-17,21-24,26-31,34,41,43-44H,11-13,18-20,25H2,1-10H3,(H,52,54)(H,53,55)(H,56,62)(H,57,63)/t27-,28-,29+,30?,31-,34?,41-,43?,44?/m0/s1. The number of benzene rings is 3. The number of carbonyl (C=O) groups is 4. The van der Waals surface area contributed by atoms with Crippen LogP contribution in [0.2, 0.25) is 0 Å². The quantitative estimate of drug-likeness (QED) is 0.0885. The fraction of sp³-hybridized carbons (Fsp3) is 0.529. The molecule has 0 spiro atoms. The summed E-state index contributed by atoms with van der Waals surface area (Å²) in [7, 11) is 2.61. The first-order chi connectivity index (χ1) is 32.1. The number of ether oxygens (including phenoxy) is 4. The molecule has 16 nitrogen and oxygen atoms in total. The second-order valence-electron chi connectivity index (χ2n) is 19.2. The van der Waals surface area contributed by atoms with E-state index >= 15 is 0 Å². The molecule has 0 saturated carbocycles. The minimum atomic E-state index is -0.793. The number of nitrogens with zero attached hydrogens (tertiary/aromatic N) is 4. The van der Waals surface area contributed by atoms with Crippen molar-refractivity contribution in [2.75, 3.05) is 14.2 Å². The van der Waals surface area contributed by atoms with E-state index in [1.54, 1.807) is 0 Å². The summed E-state index contributed by atoms with van der Waals surface area (Å²) in [6, 6.07) is 12.3. The van der Waals surface area contributed by atoms with Crippen LogP contribution in [0, 0.1) is 11.8 Å². The van der Waals surface area contributed by atoms with Crippen LogP contribution in [0.5, 0.6) is 5.75 Å². The van der Waals surface area contributed by atoms with Gasteiger partial charge in [-0.25, -0.2) is 19.6 Å². The van der Waals surface area contributed by atoms with E-state index in [1.165, 1.54) is 14.2 Å². The van der Waals surface area contributed by atoms with Crippen LogP contribution in [0.1, 0.15) is 123 Å². The maximum Gasteiger partial charge on any atom is 0.407 e. The highest BCUT2D eigenvalue weighted by Gasteiger charge is 2.43. The van der Waals surface area contributed by atoms with Crippen molar-refractivity contribution in [1.29, 1.82) is 0 Å². The largest absolute Gasteiger partial charge is 0.488 e. The number of H-pyrrole nitrogens is 2. The zero-order valence-corrected chi connectivity index (χ0v) is 40.4. The van der Waals surface area contributed by atoms with Gasteiger partial charge in [0.05, 0.1) is 61.4 Å². The smallest absolute Gasteiger partial charge is 0.407 e. The highest BCUT2D eigenvalue weighted by molar-refractivity contribution is 6.07. The molecule has 4 unspecified atom stereocenters. The summed E-state index contributed by atoms with van der Waals surface area (Å²) in [5.74, 6) is 1.54. The third-order valence-corrected chi connectivity index (χ3v) is 14.1. The van der Waals surface area contributed by atoms with Gasteiger partial charge in [-0.05, 0) is 125 Å².